The molecule has 0 atom stereocenters. The van der Waals surface area contributed by atoms with E-state index in [4.69, 9.17) is 0 Å². The van der Waals surface area contributed by atoms with E-state index in [0.717, 1.165) is 28.3 Å². The molecule has 4 rings (SSSR count). The summed E-state index contributed by atoms with van der Waals surface area (Å²) in [7, 11) is 1.73. The van der Waals surface area contributed by atoms with Crippen molar-refractivity contribution in [2.75, 3.05) is 6.54 Å². The molecule has 1 amide bonds. The molecule has 0 aliphatic heterocycles. The number of carbonyl (C=O) groups excluding carboxylic acids is 1. The number of halogens is 1. The van der Waals surface area contributed by atoms with Crippen molar-refractivity contribution in [3.8, 4) is 0 Å². The van der Waals surface area contributed by atoms with Gasteiger partial charge in [-0.15, -0.1) is 0 Å². The predicted molar refractivity (Wildman–Crippen MR) is 110 cm³/mol. The number of nitrogens with zero attached hydrogens (tertiary/aromatic N) is 2. The van der Waals surface area contributed by atoms with E-state index in [1.807, 2.05) is 36.4 Å². The Morgan fingerprint density at radius 1 is 1.15 bits per heavy atom. The van der Waals surface area contributed by atoms with Gasteiger partial charge in [0.1, 0.15) is 6.54 Å². The third-order valence-electron chi connectivity index (χ3n) is 5.73. The van der Waals surface area contributed by atoms with Crippen LogP contribution in [0.1, 0.15) is 24.8 Å². The van der Waals surface area contributed by atoms with E-state index in [1.165, 1.54) is 16.6 Å². The molecule has 0 unspecified atom stereocenters. The molecule has 6 heteroatoms. The van der Waals surface area contributed by atoms with Crippen LogP contribution in [0, 0.1) is 0 Å². The molecule has 1 fully saturated rings. The summed E-state index contributed by atoms with van der Waals surface area (Å²) in [5.74, 6) is -0.130. The van der Waals surface area contributed by atoms with Crippen LogP contribution >= 0.6 is 15.9 Å². The van der Waals surface area contributed by atoms with Gasteiger partial charge in [-0.05, 0) is 42.7 Å². The molecule has 2 aromatic carbocycles. The summed E-state index contributed by atoms with van der Waals surface area (Å²) >= 11 is 3.54. The van der Waals surface area contributed by atoms with Crippen molar-refractivity contribution in [1.82, 2.24) is 14.5 Å². The number of hydrogen-bond acceptors (Lipinski definition) is 2. The Labute approximate surface area is 166 Å². The molecule has 1 aliphatic carbocycles. The molecule has 1 aromatic heterocycles. The molecule has 27 heavy (non-hydrogen) atoms. The van der Waals surface area contributed by atoms with E-state index in [-0.39, 0.29) is 23.6 Å². The zero-order chi connectivity index (χ0) is 19.0. The normalized spacial score (nSPS) is 15.5. The summed E-state index contributed by atoms with van der Waals surface area (Å²) in [6.45, 7) is 0.635. The van der Waals surface area contributed by atoms with Gasteiger partial charge in [-0.25, -0.2) is 4.79 Å². The van der Waals surface area contributed by atoms with Crippen molar-refractivity contribution in [1.29, 1.82) is 0 Å². The van der Waals surface area contributed by atoms with Crippen LogP contribution in [0.25, 0.3) is 11.0 Å². The average molecular weight is 428 g/mol. The van der Waals surface area contributed by atoms with Crippen molar-refractivity contribution in [2.24, 2.45) is 7.05 Å². The second kappa shape index (κ2) is 7.00. The zero-order valence-corrected chi connectivity index (χ0v) is 16.8. The molecule has 1 saturated carbocycles. The van der Waals surface area contributed by atoms with E-state index in [1.54, 1.807) is 11.6 Å². The minimum atomic E-state index is -0.170. The lowest BCUT2D eigenvalue weighted by atomic mass is 9.64. The van der Waals surface area contributed by atoms with Crippen molar-refractivity contribution >= 4 is 32.9 Å². The molecular formula is C21H22BrN3O2. The fraction of sp³-hybridized carbons (Fsp3) is 0.333. The molecule has 0 radical (unpaired) electrons. The SMILES string of the molecule is Cn1c(=O)n(CC(=O)NCC2(c3cccc(Br)c3)CCC2)c2ccccc21. The standard InChI is InChI=1S/C21H22BrN3O2/c1-24-17-8-2-3-9-18(17)25(20(24)27)13-19(26)23-14-21(10-5-11-21)15-6-4-7-16(22)12-15/h2-4,6-9,12H,5,10-11,13-14H2,1H3,(H,23,26). The predicted octanol–water partition coefficient (Wildman–Crippen LogP) is 3.34. The smallest absolute Gasteiger partial charge is 0.329 e. The van der Waals surface area contributed by atoms with Gasteiger partial charge in [0.2, 0.25) is 5.91 Å². The maximum absolute atomic E-state index is 12.6. The van der Waals surface area contributed by atoms with Gasteiger partial charge in [0.05, 0.1) is 11.0 Å². The van der Waals surface area contributed by atoms with Gasteiger partial charge in [-0.2, -0.15) is 0 Å². The third kappa shape index (κ3) is 3.23. The number of rotatable bonds is 5. The number of imidazole rings is 1. The first kappa shape index (κ1) is 18.0. The quantitative estimate of drug-likeness (QED) is 0.678. The van der Waals surface area contributed by atoms with Crippen LogP contribution in [-0.2, 0) is 23.8 Å². The Bertz CT molecular complexity index is 1060. The Kier molecular flexibility index (Phi) is 4.68. The van der Waals surface area contributed by atoms with Gasteiger partial charge in [0, 0.05) is 23.5 Å². The van der Waals surface area contributed by atoms with Crippen LogP contribution in [-0.4, -0.2) is 21.6 Å². The van der Waals surface area contributed by atoms with Crippen LogP contribution < -0.4 is 11.0 Å². The second-order valence-corrected chi connectivity index (χ2v) is 8.25. The van der Waals surface area contributed by atoms with Crippen molar-refractivity contribution < 1.29 is 4.79 Å². The van der Waals surface area contributed by atoms with E-state index in [9.17, 15) is 9.59 Å². The highest BCUT2D eigenvalue weighted by Gasteiger charge is 2.38. The number of aryl methyl sites for hydroxylation is 1. The van der Waals surface area contributed by atoms with Crippen LogP contribution in [0.4, 0.5) is 0 Å². The molecule has 3 aromatic rings. The van der Waals surface area contributed by atoms with Crippen molar-refractivity contribution in [3.05, 3.63) is 69.1 Å². The number of hydrogen-bond donors (Lipinski definition) is 1. The summed E-state index contributed by atoms with van der Waals surface area (Å²) in [6, 6.07) is 15.9. The molecule has 1 aliphatic rings. The molecule has 0 bridgehead atoms. The number of amides is 1. The fourth-order valence-corrected chi connectivity index (χ4v) is 4.37. The summed E-state index contributed by atoms with van der Waals surface area (Å²) in [6.07, 6.45) is 3.31. The molecule has 0 saturated heterocycles. The minimum Gasteiger partial charge on any atom is -0.354 e. The largest absolute Gasteiger partial charge is 0.354 e. The number of carbonyl (C=O) groups is 1. The number of fused-ring (bicyclic) bond motifs is 1. The lowest BCUT2D eigenvalue weighted by molar-refractivity contribution is -0.122. The van der Waals surface area contributed by atoms with E-state index in [2.05, 4.69) is 33.4 Å². The lowest BCUT2D eigenvalue weighted by Gasteiger charge is -2.42. The number of para-hydroxylation sites is 2. The van der Waals surface area contributed by atoms with Crippen LogP contribution in [0.2, 0.25) is 0 Å². The lowest BCUT2D eigenvalue weighted by Crippen LogP contribution is -2.46. The second-order valence-electron chi connectivity index (χ2n) is 7.34. The van der Waals surface area contributed by atoms with E-state index >= 15 is 0 Å². The summed E-state index contributed by atoms with van der Waals surface area (Å²) < 4.78 is 4.18. The van der Waals surface area contributed by atoms with Crippen LogP contribution in [0.3, 0.4) is 0 Å². The Hall–Kier alpha value is -2.34. The molecule has 1 heterocycles. The zero-order valence-electron chi connectivity index (χ0n) is 15.2. The van der Waals surface area contributed by atoms with Gasteiger partial charge < -0.3 is 5.32 Å². The Morgan fingerprint density at radius 3 is 2.56 bits per heavy atom. The maximum atomic E-state index is 12.6. The highest BCUT2D eigenvalue weighted by Crippen LogP contribution is 2.43. The van der Waals surface area contributed by atoms with Crippen LogP contribution in [0.15, 0.2) is 57.8 Å². The summed E-state index contributed by atoms with van der Waals surface area (Å²) in [5.41, 5.74) is 2.70. The number of aromatic nitrogens is 2. The molecule has 5 nitrogen and oxygen atoms in total. The van der Waals surface area contributed by atoms with Gasteiger partial charge in [-0.3, -0.25) is 13.9 Å². The first-order valence-electron chi connectivity index (χ1n) is 9.17. The van der Waals surface area contributed by atoms with E-state index in [0.29, 0.717) is 6.54 Å². The number of nitrogens with one attached hydrogen (secondary N) is 1. The minimum absolute atomic E-state index is 0.00313. The van der Waals surface area contributed by atoms with Gasteiger partial charge >= 0.3 is 5.69 Å². The summed E-state index contributed by atoms with van der Waals surface area (Å²) in [5, 5.41) is 3.07. The van der Waals surface area contributed by atoms with Gasteiger partial charge in [0.15, 0.2) is 0 Å². The van der Waals surface area contributed by atoms with Crippen molar-refractivity contribution in [2.45, 2.75) is 31.2 Å². The van der Waals surface area contributed by atoms with E-state index < -0.39 is 0 Å². The molecular weight excluding hydrogens is 406 g/mol. The van der Waals surface area contributed by atoms with Gasteiger partial charge in [-0.1, -0.05) is 46.6 Å². The monoisotopic (exact) mass is 427 g/mol. The third-order valence-corrected chi connectivity index (χ3v) is 6.22. The highest BCUT2D eigenvalue weighted by atomic mass is 79.9. The Balaban J connectivity index is 1.51. The Morgan fingerprint density at radius 2 is 1.89 bits per heavy atom. The molecule has 0 spiro atoms. The van der Waals surface area contributed by atoms with Crippen molar-refractivity contribution in [3.63, 3.8) is 0 Å². The topological polar surface area (TPSA) is 56.0 Å². The fourth-order valence-electron chi connectivity index (χ4n) is 3.97. The average Bonchev–Trinajstić information content (AvgIpc) is 2.86. The van der Waals surface area contributed by atoms with Crippen LogP contribution in [0.5, 0.6) is 0 Å². The highest BCUT2D eigenvalue weighted by molar-refractivity contribution is 9.10. The number of benzene rings is 2. The first-order valence-corrected chi connectivity index (χ1v) is 9.96. The van der Waals surface area contributed by atoms with Gasteiger partial charge in [0.25, 0.3) is 0 Å². The first-order chi connectivity index (χ1) is 13.0. The molecule has 1 N–H and O–H groups in total. The molecule has 140 valence electrons. The maximum Gasteiger partial charge on any atom is 0.329 e. The summed E-state index contributed by atoms with van der Waals surface area (Å²) in [4.78, 5) is 25.1.